The van der Waals surface area contributed by atoms with E-state index in [2.05, 4.69) is 10.2 Å². The highest BCUT2D eigenvalue weighted by Gasteiger charge is 2.53. The number of hydrogen-bond acceptors (Lipinski definition) is 4. The number of carbonyl (C=O) groups is 2. The standard InChI is InChI=1S/C19H24N2O4/c22-18(16-12-1-2-13(11-12)17(16)19(23)24)20-14-3-5-15(6-4-14)21-7-9-25-10-8-21/h3-6,12-13,16-17H,1-2,7-11H2,(H,20,22)(H,23,24)/t12-,13-,16+,17-/m0/s1. The number of ether oxygens (including phenoxy) is 1. The number of nitrogens with zero attached hydrogens (tertiary/aromatic N) is 1. The van der Waals surface area contributed by atoms with Crippen molar-refractivity contribution < 1.29 is 19.4 Å². The molecule has 1 aliphatic heterocycles. The lowest BCUT2D eigenvalue weighted by atomic mass is 9.78. The zero-order valence-corrected chi connectivity index (χ0v) is 14.2. The smallest absolute Gasteiger partial charge is 0.307 e. The maximum atomic E-state index is 12.7. The van der Waals surface area contributed by atoms with Gasteiger partial charge in [-0.15, -0.1) is 0 Å². The molecule has 6 nitrogen and oxygen atoms in total. The number of fused-ring (bicyclic) bond motifs is 2. The molecule has 1 amide bonds. The second-order valence-electron chi connectivity index (χ2n) is 7.36. The van der Waals surface area contributed by atoms with Crippen LogP contribution in [0.25, 0.3) is 0 Å². The van der Waals surface area contributed by atoms with Gasteiger partial charge in [0.1, 0.15) is 0 Å². The van der Waals surface area contributed by atoms with Crippen LogP contribution < -0.4 is 10.2 Å². The molecule has 6 heteroatoms. The van der Waals surface area contributed by atoms with Crippen molar-refractivity contribution >= 4 is 23.3 Å². The number of anilines is 2. The number of amides is 1. The predicted octanol–water partition coefficient (Wildman–Crippen LogP) is 2.21. The number of carboxylic acid groups (broad SMARTS) is 1. The Bertz CT molecular complexity index is 654. The van der Waals surface area contributed by atoms with Gasteiger partial charge in [-0.3, -0.25) is 9.59 Å². The molecule has 0 radical (unpaired) electrons. The van der Waals surface area contributed by atoms with Crippen LogP contribution in [0, 0.1) is 23.7 Å². The number of morpholine rings is 1. The summed E-state index contributed by atoms with van der Waals surface area (Å²) in [4.78, 5) is 26.5. The monoisotopic (exact) mass is 344 g/mol. The molecular formula is C19H24N2O4. The Morgan fingerprint density at radius 3 is 2.32 bits per heavy atom. The van der Waals surface area contributed by atoms with Crippen LogP contribution in [0.2, 0.25) is 0 Å². The van der Waals surface area contributed by atoms with Gasteiger partial charge in [-0.2, -0.15) is 0 Å². The van der Waals surface area contributed by atoms with E-state index in [-0.39, 0.29) is 17.7 Å². The molecule has 2 aliphatic carbocycles. The topological polar surface area (TPSA) is 78.9 Å². The average Bonchev–Trinajstić information content (AvgIpc) is 3.24. The van der Waals surface area contributed by atoms with Crippen LogP contribution in [0.15, 0.2) is 24.3 Å². The van der Waals surface area contributed by atoms with Gasteiger partial charge in [0.25, 0.3) is 0 Å². The zero-order valence-electron chi connectivity index (χ0n) is 14.2. The number of carboxylic acids is 1. The van der Waals surface area contributed by atoms with Gasteiger partial charge in [0, 0.05) is 24.5 Å². The molecule has 4 atom stereocenters. The van der Waals surface area contributed by atoms with E-state index >= 15 is 0 Å². The van der Waals surface area contributed by atoms with Gasteiger partial charge in [0.2, 0.25) is 5.91 Å². The summed E-state index contributed by atoms with van der Waals surface area (Å²) in [5.74, 6) is -1.49. The zero-order chi connectivity index (χ0) is 17.4. The maximum Gasteiger partial charge on any atom is 0.307 e. The van der Waals surface area contributed by atoms with Crippen molar-refractivity contribution in [2.45, 2.75) is 19.3 Å². The largest absolute Gasteiger partial charge is 0.481 e. The molecule has 0 unspecified atom stereocenters. The number of rotatable bonds is 4. The fourth-order valence-electron chi connectivity index (χ4n) is 4.83. The molecule has 1 aromatic rings. The quantitative estimate of drug-likeness (QED) is 0.875. The van der Waals surface area contributed by atoms with E-state index in [0.29, 0.717) is 0 Å². The summed E-state index contributed by atoms with van der Waals surface area (Å²) >= 11 is 0. The lowest BCUT2D eigenvalue weighted by Gasteiger charge is -2.29. The molecule has 4 rings (SSSR count). The summed E-state index contributed by atoms with van der Waals surface area (Å²) in [6.45, 7) is 3.22. The molecule has 1 saturated heterocycles. The summed E-state index contributed by atoms with van der Waals surface area (Å²) in [5, 5.41) is 12.4. The minimum Gasteiger partial charge on any atom is -0.481 e. The number of carbonyl (C=O) groups excluding carboxylic acids is 1. The minimum absolute atomic E-state index is 0.140. The highest BCUT2D eigenvalue weighted by atomic mass is 16.5. The molecule has 134 valence electrons. The highest BCUT2D eigenvalue weighted by molar-refractivity contribution is 5.96. The minimum atomic E-state index is -0.824. The highest BCUT2D eigenvalue weighted by Crippen LogP contribution is 2.52. The predicted molar refractivity (Wildman–Crippen MR) is 93.6 cm³/mol. The van der Waals surface area contributed by atoms with E-state index in [4.69, 9.17) is 4.74 Å². The summed E-state index contributed by atoms with van der Waals surface area (Å²) in [7, 11) is 0. The van der Waals surface area contributed by atoms with Crippen LogP contribution in [-0.2, 0) is 14.3 Å². The van der Waals surface area contributed by atoms with Gasteiger partial charge in [0.05, 0.1) is 25.0 Å². The molecule has 3 fully saturated rings. The molecule has 2 saturated carbocycles. The summed E-state index contributed by atoms with van der Waals surface area (Å²) in [5.41, 5.74) is 1.85. The number of hydrogen-bond donors (Lipinski definition) is 2. The third-order valence-corrected chi connectivity index (χ3v) is 6.02. The second kappa shape index (κ2) is 6.67. The Morgan fingerprint density at radius 2 is 1.68 bits per heavy atom. The first-order valence-corrected chi connectivity index (χ1v) is 9.10. The molecule has 3 aliphatic rings. The van der Waals surface area contributed by atoms with Gasteiger partial charge < -0.3 is 20.1 Å². The van der Waals surface area contributed by atoms with Crippen LogP contribution in [-0.4, -0.2) is 43.3 Å². The van der Waals surface area contributed by atoms with Crippen molar-refractivity contribution in [2.24, 2.45) is 23.7 Å². The van der Waals surface area contributed by atoms with E-state index in [9.17, 15) is 14.7 Å². The first-order chi connectivity index (χ1) is 12.1. The van der Waals surface area contributed by atoms with Crippen molar-refractivity contribution in [3.63, 3.8) is 0 Å². The molecule has 2 N–H and O–H groups in total. The van der Waals surface area contributed by atoms with E-state index < -0.39 is 17.8 Å². The summed E-state index contributed by atoms with van der Waals surface area (Å²) in [6.07, 6.45) is 2.80. The Labute approximate surface area is 147 Å². The van der Waals surface area contributed by atoms with Gasteiger partial charge >= 0.3 is 5.97 Å². The third-order valence-electron chi connectivity index (χ3n) is 6.02. The Kier molecular flexibility index (Phi) is 4.37. The van der Waals surface area contributed by atoms with Gasteiger partial charge in [-0.1, -0.05) is 0 Å². The van der Waals surface area contributed by atoms with Crippen LogP contribution >= 0.6 is 0 Å². The first-order valence-electron chi connectivity index (χ1n) is 9.10. The Morgan fingerprint density at radius 1 is 1.04 bits per heavy atom. The SMILES string of the molecule is O=C(Nc1ccc(N2CCOCC2)cc1)[C@@H]1[C@H]2CC[C@@H](C2)[C@@H]1C(=O)O. The van der Waals surface area contributed by atoms with E-state index in [1.165, 1.54) is 0 Å². The summed E-state index contributed by atoms with van der Waals surface area (Å²) < 4.78 is 5.36. The van der Waals surface area contributed by atoms with E-state index in [1.54, 1.807) is 0 Å². The van der Waals surface area contributed by atoms with Crippen LogP contribution in [0.5, 0.6) is 0 Å². The molecule has 1 heterocycles. The average molecular weight is 344 g/mol. The molecule has 2 bridgehead atoms. The van der Waals surface area contributed by atoms with Crippen molar-refractivity contribution in [1.82, 2.24) is 0 Å². The van der Waals surface area contributed by atoms with Gasteiger partial charge in [-0.25, -0.2) is 0 Å². The fourth-order valence-corrected chi connectivity index (χ4v) is 4.83. The van der Waals surface area contributed by atoms with Gasteiger partial charge in [0.15, 0.2) is 0 Å². The van der Waals surface area contributed by atoms with E-state index in [1.807, 2.05) is 24.3 Å². The third kappa shape index (κ3) is 3.11. The van der Waals surface area contributed by atoms with Gasteiger partial charge in [-0.05, 0) is 55.4 Å². The lowest BCUT2D eigenvalue weighted by Crippen LogP contribution is -2.38. The van der Waals surface area contributed by atoms with Crippen LogP contribution in [0.4, 0.5) is 11.4 Å². The van der Waals surface area contributed by atoms with Crippen LogP contribution in [0.3, 0.4) is 0 Å². The molecule has 25 heavy (non-hydrogen) atoms. The van der Waals surface area contributed by atoms with Crippen molar-refractivity contribution in [2.75, 3.05) is 36.5 Å². The Balaban J connectivity index is 1.43. The second-order valence-corrected chi connectivity index (χ2v) is 7.36. The number of benzene rings is 1. The maximum absolute atomic E-state index is 12.7. The number of aliphatic carboxylic acids is 1. The van der Waals surface area contributed by atoms with E-state index in [0.717, 1.165) is 56.9 Å². The molecule has 0 spiro atoms. The molecular weight excluding hydrogens is 320 g/mol. The molecule has 1 aromatic carbocycles. The Hall–Kier alpha value is -2.08. The fraction of sp³-hybridized carbons (Fsp3) is 0.579. The first kappa shape index (κ1) is 16.4. The van der Waals surface area contributed by atoms with Crippen molar-refractivity contribution in [1.29, 1.82) is 0 Å². The normalized spacial score (nSPS) is 31.1. The lowest BCUT2D eigenvalue weighted by molar-refractivity contribution is -0.148. The summed E-state index contributed by atoms with van der Waals surface area (Å²) in [6, 6.07) is 7.78. The van der Waals surface area contributed by atoms with Crippen molar-refractivity contribution in [3.8, 4) is 0 Å². The molecule has 0 aromatic heterocycles. The van der Waals surface area contributed by atoms with Crippen LogP contribution in [0.1, 0.15) is 19.3 Å². The number of nitrogens with one attached hydrogen (secondary N) is 1. The van der Waals surface area contributed by atoms with Crippen molar-refractivity contribution in [3.05, 3.63) is 24.3 Å².